The zero-order chi connectivity index (χ0) is 10.7. The molecule has 0 aliphatic carbocycles. The summed E-state index contributed by atoms with van der Waals surface area (Å²) in [5.74, 6) is 0. The molecule has 1 aromatic heterocycles. The van der Waals surface area contributed by atoms with Gasteiger partial charge >= 0.3 is 0 Å². The maximum absolute atomic E-state index is 3.54. The number of benzene rings is 1. The third-order valence-corrected chi connectivity index (χ3v) is 3.66. The van der Waals surface area contributed by atoms with Crippen molar-refractivity contribution in [3.63, 3.8) is 0 Å². The first-order chi connectivity index (χ1) is 7.33. The third-order valence-electron chi connectivity index (χ3n) is 2.68. The lowest BCUT2D eigenvalue weighted by molar-refractivity contribution is 0.574. The average Bonchev–Trinajstić information content (AvgIpc) is 2.73. The molecule has 2 rings (SSSR count). The van der Waals surface area contributed by atoms with Crippen LogP contribution in [0.5, 0.6) is 0 Å². The predicted molar refractivity (Wildman–Crippen MR) is 68.5 cm³/mol. The number of hydrogen-bond acceptors (Lipinski definition) is 2. The van der Waals surface area contributed by atoms with E-state index in [0.29, 0.717) is 6.04 Å². The van der Waals surface area contributed by atoms with Gasteiger partial charge in [-0.3, -0.25) is 0 Å². The summed E-state index contributed by atoms with van der Waals surface area (Å²) in [7, 11) is 0. The Balaban J connectivity index is 2.29. The quantitative estimate of drug-likeness (QED) is 0.820. The topological polar surface area (TPSA) is 12.0 Å². The first-order valence-corrected chi connectivity index (χ1v) is 6.40. The van der Waals surface area contributed by atoms with Crippen LogP contribution in [-0.2, 0) is 0 Å². The number of fused-ring (bicyclic) bond motifs is 1. The molecule has 0 aliphatic rings. The van der Waals surface area contributed by atoms with Gasteiger partial charge in [0.05, 0.1) is 0 Å². The Morgan fingerprint density at radius 1 is 1.33 bits per heavy atom. The van der Waals surface area contributed by atoms with Crippen LogP contribution in [-0.4, -0.2) is 6.54 Å². The smallest absolute Gasteiger partial charge is 0.0390 e. The maximum Gasteiger partial charge on any atom is 0.0390 e. The van der Waals surface area contributed by atoms with Crippen LogP contribution in [0.1, 0.15) is 31.9 Å². The van der Waals surface area contributed by atoms with E-state index in [1.807, 2.05) is 11.3 Å². The van der Waals surface area contributed by atoms with Crippen molar-refractivity contribution in [3.8, 4) is 0 Å². The summed E-state index contributed by atoms with van der Waals surface area (Å²) in [5.41, 5.74) is 1.43. The van der Waals surface area contributed by atoms with Gasteiger partial charge in [0.1, 0.15) is 0 Å². The van der Waals surface area contributed by atoms with Crippen molar-refractivity contribution >= 4 is 21.4 Å². The van der Waals surface area contributed by atoms with Gasteiger partial charge in [-0.1, -0.05) is 25.1 Å². The molecule has 1 aromatic carbocycles. The monoisotopic (exact) mass is 219 g/mol. The molecular formula is C13H17NS. The van der Waals surface area contributed by atoms with Gasteiger partial charge in [0.25, 0.3) is 0 Å². The highest BCUT2D eigenvalue weighted by molar-refractivity contribution is 7.17. The first-order valence-electron chi connectivity index (χ1n) is 5.52. The van der Waals surface area contributed by atoms with Gasteiger partial charge in [-0.25, -0.2) is 0 Å². The number of rotatable bonds is 4. The summed E-state index contributed by atoms with van der Waals surface area (Å²) < 4.78 is 1.42. The van der Waals surface area contributed by atoms with Gasteiger partial charge in [-0.05, 0) is 42.3 Å². The van der Waals surface area contributed by atoms with E-state index in [-0.39, 0.29) is 0 Å². The lowest BCUT2D eigenvalue weighted by atomic mass is 10.1. The Morgan fingerprint density at radius 2 is 2.20 bits per heavy atom. The Labute approximate surface area is 95.1 Å². The van der Waals surface area contributed by atoms with Crippen molar-refractivity contribution in [3.05, 3.63) is 35.2 Å². The fourth-order valence-electron chi connectivity index (χ4n) is 1.83. The zero-order valence-corrected chi connectivity index (χ0v) is 10.1. The van der Waals surface area contributed by atoms with E-state index in [2.05, 4.69) is 48.8 Å². The Hall–Kier alpha value is -0.860. The molecule has 0 saturated carbocycles. The molecule has 1 heterocycles. The summed E-state index contributed by atoms with van der Waals surface area (Å²) in [5, 5.41) is 7.07. The van der Waals surface area contributed by atoms with E-state index >= 15 is 0 Å². The molecule has 0 amide bonds. The predicted octanol–water partition coefficient (Wildman–Crippen LogP) is 3.96. The highest BCUT2D eigenvalue weighted by Gasteiger charge is 2.08. The van der Waals surface area contributed by atoms with E-state index < -0.39 is 0 Å². The number of nitrogens with one attached hydrogen (secondary N) is 1. The third kappa shape index (κ3) is 2.21. The molecule has 0 aliphatic heterocycles. The summed E-state index contributed by atoms with van der Waals surface area (Å²) in [6.07, 6.45) is 1.19. The lowest BCUT2D eigenvalue weighted by Gasteiger charge is -2.14. The van der Waals surface area contributed by atoms with Gasteiger partial charge in [0.2, 0.25) is 0 Å². The number of thiophene rings is 1. The normalized spacial score (nSPS) is 13.2. The molecule has 0 bridgehead atoms. The molecule has 1 N–H and O–H groups in total. The maximum atomic E-state index is 3.54. The fraction of sp³-hybridized carbons (Fsp3) is 0.385. The molecule has 0 spiro atoms. The van der Waals surface area contributed by atoms with E-state index in [4.69, 9.17) is 0 Å². The molecule has 2 aromatic rings. The SMILES string of the molecule is CCCNC(C)c1cccc2ccsc12. The fourth-order valence-corrected chi connectivity index (χ4v) is 2.83. The van der Waals surface area contributed by atoms with Gasteiger partial charge in [0.15, 0.2) is 0 Å². The molecule has 80 valence electrons. The standard InChI is InChI=1S/C13H17NS/c1-3-8-14-10(2)12-6-4-5-11-7-9-15-13(11)12/h4-7,9-10,14H,3,8H2,1-2H3. The molecule has 0 fully saturated rings. The van der Waals surface area contributed by atoms with Crippen molar-refractivity contribution in [1.29, 1.82) is 0 Å². The summed E-state index contributed by atoms with van der Waals surface area (Å²) in [6.45, 7) is 5.53. The van der Waals surface area contributed by atoms with Crippen LogP contribution < -0.4 is 5.32 Å². The van der Waals surface area contributed by atoms with Crippen molar-refractivity contribution in [2.45, 2.75) is 26.3 Å². The van der Waals surface area contributed by atoms with Crippen LogP contribution in [0.15, 0.2) is 29.6 Å². The largest absolute Gasteiger partial charge is 0.310 e. The second kappa shape index (κ2) is 4.77. The van der Waals surface area contributed by atoms with E-state index in [9.17, 15) is 0 Å². The molecule has 1 unspecified atom stereocenters. The molecule has 0 radical (unpaired) electrons. The summed E-state index contributed by atoms with van der Waals surface area (Å²) in [4.78, 5) is 0. The van der Waals surface area contributed by atoms with Crippen LogP contribution in [0.4, 0.5) is 0 Å². The van der Waals surface area contributed by atoms with Crippen molar-refractivity contribution in [2.24, 2.45) is 0 Å². The van der Waals surface area contributed by atoms with Crippen molar-refractivity contribution < 1.29 is 0 Å². The Bertz CT molecular complexity index is 433. The van der Waals surface area contributed by atoms with Crippen LogP contribution in [0.3, 0.4) is 0 Å². The second-order valence-electron chi connectivity index (χ2n) is 3.86. The Kier molecular flexibility index (Phi) is 3.39. The highest BCUT2D eigenvalue weighted by atomic mass is 32.1. The van der Waals surface area contributed by atoms with Gasteiger partial charge in [-0.2, -0.15) is 0 Å². The van der Waals surface area contributed by atoms with Gasteiger partial charge in [-0.15, -0.1) is 11.3 Å². The summed E-state index contributed by atoms with van der Waals surface area (Å²) in [6, 6.07) is 9.20. The molecule has 1 atom stereocenters. The minimum Gasteiger partial charge on any atom is -0.310 e. The second-order valence-corrected chi connectivity index (χ2v) is 4.78. The van der Waals surface area contributed by atoms with Crippen LogP contribution in [0.2, 0.25) is 0 Å². The minimum absolute atomic E-state index is 0.451. The van der Waals surface area contributed by atoms with Crippen molar-refractivity contribution in [1.82, 2.24) is 5.32 Å². The summed E-state index contributed by atoms with van der Waals surface area (Å²) >= 11 is 1.84. The highest BCUT2D eigenvalue weighted by Crippen LogP contribution is 2.28. The first kappa shape index (κ1) is 10.7. The van der Waals surface area contributed by atoms with Crippen molar-refractivity contribution in [2.75, 3.05) is 6.54 Å². The van der Waals surface area contributed by atoms with E-state index in [1.165, 1.54) is 22.1 Å². The van der Waals surface area contributed by atoms with Crippen LogP contribution in [0.25, 0.3) is 10.1 Å². The lowest BCUT2D eigenvalue weighted by Crippen LogP contribution is -2.19. The van der Waals surface area contributed by atoms with Gasteiger partial charge < -0.3 is 5.32 Å². The Morgan fingerprint density at radius 3 is 3.00 bits per heavy atom. The van der Waals surface area contributed by atoms with Gasteiger partial charge in [0, 0.05) is 10.7 Å². The number of hydrogen-bond donors (Lipinski definition) is 1. The molecule has 1 nitrogen and oxygen atoms in total. The zero-order valence-electron chi connectivity index (χ0n) is 9.29. The molecule has 2 heteroatoms. The minimum atomic E-state index is 0.451. The molecule has 15 heavy (non-hydrogen) atoms. The van der Waals surface area contributed by atoms with Crippen LogP contribution >= 0.6 is 11.3 Å². The molecular weight excluding hydrogens is 202 g/mol. The van der Waals surface area contributed by atoms with E-state index in [0.717, 1.165) is 6.54 Å². The van der Waals surface area contributed by atoms with E-state index in [1.54, 1.807) is 0 Å². The average molecular weight is 219 g/mol. The van der Waals surface area contributed by atoms with Crippen LogP contribution in [0, 0.1) is 0 Å². The molecule has 0 saturated heterocycles.